The fourth-order valence-electron chi connectivity index (χ4n) is 4.84. The summed E-state index contributed by atoms with van der Waals surface area (Å²) in [6.45, 7) is 1.62. The van der Waals surface area contributed by atoms with Crippen molar-refractivity contribution >= 4 is 46.3 Å². The number of oxazole rings is 1. The standard InChI is InChI=1S/C17H19NO3.C16H10ClF3N2O3/c19-17(18-10-4-1-5-11-18)7-3-2-6-14-8-9-15-16(12-14)21-13-20-15;17-10-6-5-9(16(18,19)20)7-11(10)21-14(23)8-22-12-3-1-2-4-13(12)25-15(22)24/h2-3,6-9,12H,1,4-5,10-11,13H2;1-7H,8H2,(H,21,23). The zero-order valence-corrected chi connectivity index (χ0v) is 25.1. The Morgan fingerprint density at radius 3 is 2.48 bits per heavy atom. The van der Waals surface area contributed by atoms with Crippen LogP contribution in [-0.2, 0) is 22.3 Å². The molecule has 2 amide bonds. The summed E-state index contributed by atoms with van der Waals surface area (Å²) in [5.74, 6) is 0.194. The van der Waals surface area contributed by atoms with Gasteiger partial charge in [-0.1, -0.05) is 48.0 Å². The minimum absolute atomic E-state index is 0.0502. The minimum Gasteiger partial charge on any atom is -0.454 e. The number of para-hydroxylation sites is 2. The number of anilines is 1. The predicted molar refractivity (Wildman–Crippen MR) is 167 cm³/mol. The van der Waals surface area contributed by atoms with Crippen LogP contribution in [0.3, 0.4) is 0 Å². The van der Waals surface area contributed by atoms with Crippen LogP contribution in [0.4, 0.5) is 18.9 Å². The van der Waals surface area contributed by atoms with Crippen LogP contribution in [0.5, 0.6) is 11.5 Å². The molecular weight excluding hydrogens is 627 g/mol. The lowest BCUT2D eigenvalue weighted by atomic mass is 10.1. The highest BCUT2D eigenvalue weighted by Crippen LogP contribution is 2.34. The van der Waals surface area contributed by atoms with Crippen LogP contribution in [0.2, 0.25) is 5.02 Å². The van der Waals surface area contributed by atoms with Gasteiger partial charge in [0.25, 0.3) is 0 Å². The summed E-state index contributed by atoms with van der Waals surface area (Å²) < 4.78 is 54.9. The molecule has 3 aromatic carbocycles. The predicted octanol–water partition coefficient (Wildman–Crippen LogP) is 6.90. The molecule has 6 rings (SSSR count). The third-order valence-corrected chi connectivity index (χ3v) is 7.48. The smallest absolute Gasteiger partial charge is 0.420 e. The molecule has 1 N–H and O–H groups in total. The molecular formula is C33H29ClF3N3O6. The molecule has 1 saturated heterocycles. The lowest BCUT2D eigenvalue weighted by molar-refractivity contribution is -0.137. The molecule has 0 saturated carbocycles. The zero-order chi connectivity index (χ0) is 32.7. The van der Waals surface area contributed by atoms with E-state index < -0.39 is 29.9 Å². The topological polar surface area (TPSA) is 103 Å². The number of alkyl halides is 3. The van der Waals surface area contributed by atoms with Crippen LogP contribution in [-0.4, -0.2) is 41.2 Å². The second kappa shape index (κ2) is 14.4. The van der Waals surface area contributed by atoms with Crippen molar-refractivity contribution in [2.24, 2.45) is 0 Å². The Hall–Kier alpha value is -4.97. The van der Waals surface area contributed by atoms with Crippen LogP contribution >= 0.6 is 11.6 Å². The number of nitrogens with zero attached hydrogens (tertiary/aromatic N) is 2. The number of carbonyl (C=O) groups excluding carboxylic acids is 2. The molecule has 46 heavy (non-hydrogen) atoms. The maximum absolute atomic E-state index is 12.8. The minimum atomic E-state index is -4.57. The van der Waals surface area contributed by atoms with E-state index in [2.05, 4.69) is 5.32 Å². The number of nitrogens with one attached hydrogen (secondary N) is 1. The Bertz CT molecular complexity index is 1840. The van der Waals surface area contributed by atoms with Crippen molar-refractivity contribution in [1.82, 2.24) is 9.47 Å². The van der Waals surface area contributed by atoms with Crippen molar-refractivity contribution in [2.75, 3.05) is 25.2 Å². The van der Waals surface area contributed by atoms with E-state index >= 15 is 0 Å². The van der Waals surface area contributed by atoms with E-state index in [0.717, 1.165) is 65.8 Å². The number of rotatable bonds is 6. The van der Waals surface area contributed by atoms with Gasteiger partial charge in [-0.3, -0.25) is 14.2 Å². The number of benzene rings is 3. The lowest BCUT2D eigenvalue weighted by Crippen LogP contribution is -2.34. The number of aromatic nitrogens is 1. The van der Waals surface area contributed by atoms with Gasteiger partial charge >= 0.3 is 11.9 Å². The van der Waals surface area contributed by atoms with Crippen LogP contribution < -0.4 is 20.5 Å². The average molecular weight is 656 g/mol. The molecule has 0 aliphatic carbocycles. The Morgan fingerprint density at radius 2 is 1.70 bits per heavy atom. The average Bonchev–Trinajstić information content (AvgIpc) is 3.64. The third kappa shape index (κ3) is 8.19. The molecule has 9 nitrogen and oxygen atoms in total. The second-order valence-corrected chi connectivity index (χ2v) is 10.8. The van der Waals surface area contributed by atoms with E-state index in [1.165, 1.54) is 6.42 Å². The molecule has 0 unspecified atom stereocenters. The number of halogens is 4. The van der Waals surface area contributed by atoms with E-state index in [9.17, 15) is 27.6 Å². The zero-order valence-electron chi connectivity index (χ0n) is 24.4. The Kier molecular flexibility index (Phi) is 10.2. The number of fused-ring (bicyclic) bond motifs is 2. The number of hydrogen-bond acceptors (Lipinski definition) is 6. The van der Waals surface area contributed by atoms with Crippen LogP contribution in [0.15, 0.2) is 88.1 Å². The molecule has 3 heterocycles. The van der Waals surface area contributed by atoms with Crippen molar-refractivity contribution in [3.63, 3.8) is 0 Å². The summed E-state index contributed by atoms with van der Waals surface area (Å²) in [6, 6.07) is 14.9. The molecule has 0 bridgehead atoms. The summed E-state index contributed by atoms with van der Waals surface area (Å²) >= 11 is 5.83. The molecule has 0 atom stereocenters. The van der Waals surface area contributed by atoms with Crippen molar-refractivity contribution in [3.05, 3.63) is 106 Å². The van der Waals surface area contributed by atoms with E-state index in [4.69, 9.17) is 25.5 Å². The summed E-state index contributed by atoms with van der Waals surface area (Å²) in [5, 5.41) is 2.23. The molecule has 0 radical (unpaired) electrons. The highest BCUT2D eigenvalue weighted by atomic mass is 35.5. The van der Waals surface area contributed by atoms with Gasteiger partial charge in [0.1, 0.15) is 6.54 Å². The van der Waals surface area contributed by atoms with Gasteiger partial charge in [0.15, 0.2) is 17.1 Å². The van der Waals surface area contributed by atoms with Gasteiger partial charge < -0.3 is 24.1 Å². The molecule has 1 fully saturated rings. The number of carbonyl (C=O) groups is 2. The van der Waals surface area contributed by atoms with E-state index in [1.54, 1.807) is 36.4 Å². The van der Waals surface area contributed by atoms with Gasteiger partial charge in [-0.2, -0.15) is 13.2 Å². The van der Waals surface area contributed by atoms with Gasteiger partial charge in [0, 0.05) is 19.2 Å². The number of allylic oxidation sites excluding steroid dienone is 2. The number of likely N-dealkylation sites (tertiary alicyclic amines) is 1. The number of hydrogen-bond donors (Lipinski definition) is 1. The molecule has 4 aromatic rings. The molecule has 13 heteroatoms. The highest BCUT2D eigenvalue weighted by molar-refractivity contribution is 6.33. The maximum atomic E-state index is 12.8. The summed E-state index contributed by atoms with van der Waals surface area (Å²) in [4.78, 5) is 37.8. The Balaban J connectivity index is 0.000000184. The highest BCUT2D eigenvalue weighted by Gasteiger charge is 2.31. The normalized spacial score (nSPS) is 14.5. The first-order valence-electron chi connectivity index (χ1n) is 14.4. The van der Waals surface area contributed by atoms with Crippen LogP contribution in [0.25, 0.3) is 17.2 Å². The quantitative estimate of drug-likeness (QED) is 0.179. The fourth-order valence-corrected chi connectivity index (χ4v) is 5.00. The first kappa shape index (κ1) is 32.4. The van der Waals surface area contributed by atoms with Crippen molar-refractivity contribution in [3.8, 4) is 11.5 Å². The van der Waals surface area contributed by atoms with Crippen LogP contribution in [0.1, 0.15) is 30.4 Å². The number of piperidine rings is 1. The fraction of sp³-hybridized carbons (Fsp3) is 0.242. The first-order valence-corrected chi connectivity index (χ1v) is 14.7. The molecule has 2 aliphatic rings. The molecule has 2 aliphatic heterocycles. The van der Waals surface area contributed by atoms with E-state index in [1.807, 2.05) is 35.3 Å². The largest absolute Gasteiger partial charge is 0.454 e. The SMILES string of the molecule is O=C(C=CC=Cc1ccc2c(c1)OCO2)N1CCCCC1.O=C(Cn1c(=O)oc2ccccc21)Nc1cc(C(F)(F)F)ccc1Cl. The summed E-state index contributed by atoms with van der Waals surface area (Å²) in [6.07, 6.45) is 6.15. The van der Waals surface area contributed by atoms with Gasteiger partial charge in [0.2, 0.25) is 18.6 Å². The maximum Gasteiger partial charge on any atom is 0.420 e. The third-order valence-electron chi connectivity index (χ3n) is 7.15. The number of amides is 2. The second-order valence-electron chi connectivity index (χ2n) is 10.4. The van der Waals surface area contributed by atoms with Crippen molar-refractivity contribution in [2.45, 2.75) is 32.0 Å². The van der Waals surface area contributed by atoms with Crippen molar-refractivity contribution in [1.29, 1.82) is 0 Å². The monoisotopic (exact) mass is 655 g/mol. The van der Waals surface area contributed by atoms with Crippen molar-refractivity contribution < 1.29 is 36.7 Å². The first-order chi connectivity index (χ1) is 22.1. The Labute approximate surface area is 266 Å². The number of ether oxygens (including phenoxy) is 2. The molecule has 0 spiro atoms. The van der Waals surface area contributed by atoms with Gasteiger partial charge in [-0.15, -0.1) is 0 Å². The molecule has 1 aromatic heterocycles. The van der Waals surface area contributed by atoms with Gasteiger partial charge in [-0.05, 0) is 67.3 Å². The Morgan fingerprint density at radius 1 is 0.935 bits per heavy atom. The summed E-state index contributed by atoms with van der Waals surface area (Å²) in [7, 11) is 0. The summed E-state index contributed by atoms with van der Waals surface area (Å²) in [5.41, 5.74) is 0.588. The van der Waals surface area contributed by atoms with E-state index in [0.29, 0.717) is 11.1 Å². The van der Waals surface area contributed by atoms with Gasteiger partial charge in [0.05, 0.1) is 21.8 Å². The lowest BCUT2D eigenvalue weighted by Gasteiger charge is -2.25. The van der Waals surface area contributed by atoms with E-state index in [-0.39, 0.29) is 23.4 Å². The van der Waals surface area contributed by atoms with Crippen LogP contribution in [0, 0.1) is 0 Å². The molecule has 240 valence electrons. The van der Waals surface area contributed by atoms with Gasteiger partial charge in [-0.25, -0.2) is 4.79 Å².